The molecule has 1 aromatic carbocycles. The molecule has 0 radical (unpaired) electrons. The second-order valence-corrected chi connectivity index (χ2v) is 7.29. The monoisotopic (exact) mass is 394 g/mol. The molecule has 0 spiro atoms. The number of fused-ring (bicyclic) bond motifs is 1. The minimum Gasteiger partial charge on any atom is -0.354 e. The molecule has 2 aromatic heterocycles. The van der Waals surface area contributed by atoms with Crippen molar-refractivity contribution < 1.29 is 0 Å². The number of anilines is 2. The Kier molecular flexibility index (Phi) is 5.24. The van der Waals surface area contributed by atoms with E-state index in [1.807, 2.05) is 42.9 Å². The van der Waals surface area contributed by atoms with E-state index in [1.165, 1.54) is 4.57 Å². The zero-order valence-corrected chi connectivity index (χ0v) is 16.8. The number of benzene rings is 1. The molecule has 1 aliphatic rings. The molecule has 8 heteroatoms. The molecule has 0 saturated carbocycles. The Morgan fingerprint density at radius 1 is 1.00 bits per heavy atom. The van der Waals surface area contributed by atoms with Gasteiger partial charge in [0.05, 0.1) is 12.7 Å². The molecule has 0 amide bonds. The lowest BCUT2D eigenvalue weighted by molar-refractivity contribution is 0.549. The van der Waals surface area contributed by atoms with Crippen LogP contribution in [-0.2, 0) is 19.6 Å². The van der Waals surface area contributed by atoms with Crippen LogP contribution in [0.2, 0.25) is 0 Å². The van der Waals surface area contributed by atoms with Gasteiger partial charge in [-0.05, 0) is 18.4 Å². The Labute approximate surface area is 168 Å². The van der Waals surface area contributed by atoms with Crippen LogP contribution in [0.5, 0.6) is 0 Å². The van der Waals surface area contributed by atoms with Gasteiger partial charge in [0, 0.05) is 24.8 Å². The number of rotatable bonds is 7. The first-order valence-corrected chi connectivity index (χ1v) is 10.1. The van der Waals surface area contributed by atoms with Gasteiger partial charge in [-0.15, -0.1) is 0 Å². The summed E-state index contributed by atoms with van der Waals surface area (Å²) in [7, 11) is 0. The Bertz CT molecular complexity index is 1110. The van der Waals surface area contributed by atoms with E-state index in [2.05, 4.69) is 27.9 Å². The lowest BCUT2D eigenvalue weighted by Gasteiger charge is -2.14. The smallest absolute Gasteiger partial charge is 0.332 e. The summed E-state index contributed by atoms with van der Waals surface area (Å²) in [4.78, 5) is 25.7. The molecule has 0 fully saturated rings. The normalized spacial score (nSPS) is 15.0. The van der Waals surface area contributed by atoms with Crippen molar-refractivity contribution in [1.82, 2.24) is 18.9 Å². The second kappa shape index (κ2) is 7.98. The van der Waals surface area contributed by atoms with Crippen LogP contribution < -0.4 is 21.9 Å². The molecule has 1 unspecified atom stereocenters. The van der Waals surface area contributed by atoms with Gasteiger partial charge in [-0.2, -0.15) is 5.10 Å². The Morgan fingerprint density at radius 3 is 2.45 bits per heavy atom. The lowest BCUT2D eigenvalue weighted by Crippen LogP contribution is -2.40. The molecule has 2 N–H and O–H groups in total. The highest BCUT2D eigenvalue weighted by molar-refractivity contribution is 5.70. The molecule has 152 valence electrons. The maximum absolute atomic E-state index is 12.9. The Balaban J connectivity index is 1.63. The molecule has 8 nitrogen and oxygen atoms in total. The van der Waals surface area contributed by atoms with Crippen LogP contribution in [0.1, 0.15) is 44.0 Å². The van der Waals surface area contributed by atoms with Gasteiger partial charge in [0.2, 0.25) is 0 Å². The number of hydrogen-bond acceptors (Lipinski definition) is 5. The lowest BCUT2D eigenvalue weighted by atomic mass is 10.2. The summed E-state index contributed by atoms with van der Waals surface area (Å²) in [5.74, 6) is 0.565. The SMILES string of the molecule is CCCn1c2c(c(=O)n(CCC)c1=O)NC(c1cnn(Cc3ccccc3)c1)N2. The van der Waals surface area contributed by atoms with Crippen molar-refractivity contribution in [3.05, 3.63) is 74.7 Å². The summed E-state index contributed by atoms with van der Waals surface area (Å²) in [5, 5.41) is 11.0. The fraction of sp³-hybridized carbons (Fsp3) is 0.381. The molecule has 0 saturated heterocycles. The van der Waals surface area contributed by atoms with Crippen LogP contribution in [0.3, 0.4) is 0 Å². The minimum atomic E-state index is -0.304. The van der Waals surface area contributed by atoms with E-state index in [9.17, 15) is 9.59 Å². The van der Waals surface area contributed by atoms with Crippen molar-refractivity contribution in [3.63, 3.8) is 0 Å². The fourth-order valence-electron chi connectivity index (χ4n) is 3.70. The Hall–Kier alpha value is -3.29. The Morgan fingerprint density at radius 2 is 1.72 bits per heavy atom. The number of nitrogens with zero attached hydrogens (tertiary/aromatic N) is 4. The van der Waals surface area contributed by atoms with Gasteiger partial charge in [0.15, 0.2) is 0 Å². The average Bonchev–Trinajstić information content (AvgIpc) is 3.37. The van der Waals surface area contributed by atoms with Crippen molar-refractivity contribution in [3.8, 4) is 0 Å². The maximum atomic E-state index is 12.9. The number of hydrogen-bond donors (Lipinski definition) is 2. The van der Waals surface area contributed by atoms with Crippen molar-refractivity contribution in [2.45, 2.75) is 52.5 Å². The first kappa shape index (κ1) is 19.0. The van der Waals surface area contributed by atoms with Crippen LogP contribution in [-0.4, -0.2) is 18.9 Å². The predicted molar refractivity (Wildman–Crippen MR) is 113 cm³/mol. The van der Waals surface area contributed by atoms with E-state index < -0.39 is 0 Å². The largest absolute Gasteiger partial charge is 0.354 e. The molecular formula is C21H26N6O2. The van der Waals surface area contributed by atoms with Gasteiger partial charge < -0.3 is 10.6 Å². The first-order chi connectivity index (χ1) is 14.1. The highest BCUT2D eigenvalue weighted by Crippen LogP contribution is 2.31. The predicted octanol–water partition coefficient (Wildman–Crippen LogP) is 2.61. The van der Waals surface area contributed by atoms with E-state index in [0.717, 1.165) is 24.0 Å². The van der Waals surface area contributed by atoms with Gasteiger partial charge in [-0.1, -0.05) is 44.2 Å². The number of nitrogens with one attached hydrogen (secondary N) is 2. The van der Waals surface area contributed by atoms with Gasteiger partial charge in [-0.25, -0.2) is 4.79 Å². The van der Waals surface area contributed by atoms with E-state index >= 15 is 0 Å². The summed E-state index contributed by atoms with van der Waals surface area (Å²) in [6.45, 7) is 5.61. The summed E-state index contributed by atoms with van der Waals surface area (Å²) in [6, 6.07) is 10.1. The molecule has 1 atom stereocenters. The van der Waals surface area contributed by atoms with Crippen molar-refractivity contribution in [1.29, 1.82) is 0 Å². The maximum Gasteiger partial charge on any atom is 0.332 e. The van der Waals surface area contributed by atoms with Crippen LogP contribution >= 0.6 is 0 Å². The van der Waals surface area contributed by atoms with E-state index in [1.54, 1.807) is 10.8 Å². The molecule has 29 heavy (non-hydrogen) atoms. The van der Waals surface area contributed by atoms with Crippen molar-refractivity contribution >= 4 is 11.5 Å². The average molecular weight is 394 g/mol. The molecular weight excluding hydrogens is 368 g/mol. The van der Waals surface area contributed by atoms with Crippen LogP contribution in [0, 0.1) is 0 Å². The van der Waals surface area contributed by atoms with Gasteiger partial charge >= 0.3 is 5.69 Å². The molecule has 4 rings (SSSR count). The summed E-state index contributed by atoms with van der Waals surface area (Å²) >= 11 is 0. The third-order valence-electron chi connectivity index (χ3n) is 5.07. The van der Waals surface area contributed by atoms with Crippen LogP contribution in [0.25, 0.3) is 0 Å². The summed E-state index contributed by atoms with van der Waals surface area (Å²) in [5.41, 5.74) is 2.00. The van der Waals surface area contributed by atoms with Gasteiger partial charge in [0.1, 0.15) is 17.7 Å². The second-order valence-electron chi connectivity index (χ2n) is 7.29. The molecule has 3 heterocycles. The van der Waals surface area contributed by atoms with Crippen LogP contribution in [0.4, 0.5) is 11.5 Å². The first-order valence-electron chi connectivity index (χ1n) is 10.1. The zero-order chi connectivity index (χ0) is 20.4. The minimum absolute atomic E-state index is 0.257. The molecule has 0 bridgehead atoms. The third kappa shape index (κ3) is 3.57. The van der Waals surface area contributed by atoms with Gasteiger partial charge in [0.25, 0.3) is 5.56 Å². The molecule has 1 aliphatic heterocycles. The van der Waals surface area contributed by atoms with E-state index in [4.69, 9.17) is 0 Å². The third-order valence-corrected chi connectivity index (χ3v) is 5.07. The van der Waals surface area contributed by atoms with E-state index in [0.29, 0.717) is 31.1 Å². The van der Waals surface area contributed by atoms with Crippen LogP contribution in [0.15, 0.2) is 52.3 Å². The standard InChI is InChI=1S/C21H26N6O2/c1-3-10-26-19-17(20(28)27(11-4-2)21(26)29)23-18(24-19)16-12-22-25(14-16)13-15-8-6-5-7-9-15/h5-9,12,14,18,23-24H,3-4,10-11,13H2,1-2H3. The van der Waals surface area contributed by atoms with E-state index in [-0.39, 0.29) is 17.4 Å². The number of aromatic nitrogens is 4. The zero-order valence-electron chi connectivity index (χ0n) is 16.8. The highest BCUT2D eigenvalue weighted by Gasteiger charge is 2.29. The highest BCUT2D eigenvalue weighted by atomic mass is 16.2. The van der Waals surface area contributed by atoms with Crippen molar-refractivity contribution in [2.75, 3.05) is 10.6 Å². The fourth-order valence-corrected chi connectivity index (χ4v) is 3.70. The summed E-state index contributed by atoms with van der Waals surface area (Å²) < 4.78 is 4.85. The molecule has 0 aliphatic carbocycles. The van der Waals surface area contributed by atoms with Gasteiger partial charge in [-0.3, -0.25) is 18.6 Å². The summed E-state index contributed by atoms with van der Waals surface area (Å²) in [6.07, 6.45) is 4.96. The topological polar surface area (TPSA) is 85.9 Å². The van der Waals surface area contributed by atoms with Crippen molar-refractivity contribution in [2.24, 2.45) is 0 Å². The molecule has 3 aromatic rings. The quantitative estimate of drug-likeness (QED) is 0.643.